The van der Waals surface area contributed by atoms with E-state index in [0.29, 0.717) is 5.56 Å². The number of benzene rings is 2. The van der Waals surface area contributed by atoms with Gasteiger partial charge in [0.2, 0.25) is 0 Å². The molecular formula is C18H18FN2+. The van der Waals surface area contributed by atoms with Crippen LogP contribution in [0.5, 0.6) is 0 Å². The molecule has 21 heavy (non-hydrogen) atoms. The highest BCUT2D eigenvalue weighted by Crippen LogP contribution is 2.29. The molecule has 0 atom stereocenters. The van der Waals surface area contributed by atoms with Gasteiger partial charge in [0.25, 0.3) is 6.33 Å². The maximum absolute atomic E-state index is 13.7. The zero-order valence-corrected chi connectivity index (χ0v) is 12.7. The van der Waals surface area contributed by atoms with Gasteiger partial charge in [-0.25, -0.2) is 8.96 Å². The second-order valence-corrected chi connectivity index (χ2v) is 5.59. The summed E-state index contributed by atoms with van der Waals surface area (Å²) in [6.07, 6.45) is 1.82. The van der Waals surface area contributed by atoms with Crippen molar-refractivity contribution in [3.8, 4) is 11.3 Å². The third-order valence-corrected chi connectivity index (χ3v) is 3.97. The van der Waals surface area contributed by atoms with Crippen molar-refractivity contribution in [3.63, 3.8) is 0 Å². The molecule has 0 amide bonds. The van der Waals surface area contributed by atoms with E-state index in [2.05, 4.69) is 24.0 Å². The number of para-hydroxylation sites is 1. The van der Waals surface area contributed by atoms with Gasteiger partial charge in [-0.15, -0.1) is 0 Å². The van der Waals surface area contributed by atoms with Crippen LogP contribution < -0.4 is 4.57 Å². The van der Waals surface area contributed by atoms with Crippen LogP contribution in [-0.2, 0) is 7.05 Å². The second-order valence-electron chi connectivity index (χ2n) is 5.59. The van der Waals surface area contributed by atoms with Gasteiger partial charge in [-0.1, -0.05) is 12.1 Å². The molecule has 106 valence electrons. The summed E-state index contributed by atoms with van der Waals surface area (Å²) in [6, 6.07) is 9.69. The van der Waals surface area contributed by atoms with Gasteiger partial charge in [-0.3, -0.25) is 0 Å². The lowest BCUT2D eigenvalue weighted by molar-refractivity contribution is -0.662. The van der Waals surface area contributed by atoms with Crippen LogP contribution >= 0.6 is 0 Å². The van der Waals surface area contributed by atoms with Crippen LogP contribution in [0.4, 0.5) is 4.39 Å². The molecule has 0 N–H and O–H groups in total. The minimum Gasteiger partial charge on any atom is -0.232 e. The molecule has 2 aromatic carbocycles. The fraction of sp³-hybridized carbons (Fsp3) is 0.222. The number of aryl methyl sites for hydroxylation is 4. The third-order valence-electron chi connectivity index (χ3n) is 3.97. The van der Waals surface area contributed by atoms with E-state index in [1.807, 2.05) is 37.0 Å². The maximum atomic E-state index is 13.7. The van der Waals surface area contributed by atoms with E-state index in [0.717, 1.165) is 33.3 Å². The molecule has 2 nitrogen and oxygen atoms in total. The van der Waals surface area contributed by atoms with Gasteiger partial charge in [0, 0.05) is 11.1 Å². The van der Waals surface area contributed by atoms with Gasteiger partial charge < -0.3 is 0 Å². The van der Waals surface area contributed by atoms with Crippen molar-refractivity contribution in [1.29, 1.82) is 0 Å². The van der Waals surface area contributed by atoms with Crippen LogP contribution in [0.2, 0.25) is 0 Å². The third kappa shape index (κ3) is 2.19. The topological polar surface area (TPSA) is 16.8 Å². The van der Waals surface area contributed by atoms with Gasteiger partial charge in [0.1, 0.15) is 11.5 Å². The Kier molecular flexibility index (Phi) is 3.20. The van der Waals surface area contributed by atoms with Crippen molar-refractivity contribution in [1.82, 2.24) is 4.98 Å². The van der Waals surface area contributed by atoms with E-state index in [9.17, 15) is 4.39 Å². The van der Waals surface area contributed by atoms with Gasteiger partial charge in [0.05, 0.1) is 12.4 Å². The molecule has 0 aliphatic heterocycles. The largest absolute Gasteiger partial charge is 0.287 e. The smallest absolute Gasteiger partial charge is 0.232 e. The lowest BCUT2D eigenvalue weighted by atomic mass is 9.98. The molecule has 0 fully saturated rings. The molecule has 0 spiro atoms. The number of hydrogen-bond donors (Lipinski definition) is 0. The van der Waals surface area contributed by atoms with Crippen LogP contribution in [0, 0.1) is 26.6 Å². The van der Waals surface area contributed by atoms with E-state index < -0.39 is 0 Å². The minimum absolute atomic E-state index is 0.159. The van der Waals surface area contributed by atoms with E-state index in [1.54, 1.807) is 13.0 Å². The highest BCUT2D eigenvalue weighted by molar-refractivity contribution is 5.93. The molecule has 0 bridgehead atoms. The molecular weight excluding hydrogens is 263 g/mol. The summed E-state index contributed by atoms with van der Waals surface area (Å²) in [4.78, 5) is 4.52. The molecule has 0 unspecified atom stereocenters. The van der Waals surface area contributed by atoms with Crippen LogP contribution in [-0.4, -0.2) is 4.98 Å². The zero-order chi connectivity index (χ0) is 15.1. The van der Waals surface area contributed by atoms with Crippen molar-refractivity contribution in [2.45, 2.75) is 20.8 Å². The SMILES string of the molecule is Cc1cc(-c2c3cccc(C)c3nc[n+]2C)c(C)cc1F. The van der Waals surface area contributed by atoms with Crippen LogP contribution in [0.1, 0.15) is 16.7 Å². The fourth-order valence-electron chi connectivity index (χ4n) is 2.78. The van der Waals surface area contributed by atoms with E-state index in [1.165, 1.54) is 0 Å². The molecule has 1 heterocycles. The predicted molar refractivity (Wildman–Crippen MR) is 82.5 cm³/mol. The average molecular weight is 281 g/mol. The zero-order valence-electron chi connectivity index (χ0n) is 12.7. The van der Waals surface area contributed by atoms with Crippen molar-refractivity contribution >= 4 is 10.9 Å². The number of hydrogen-bond acceptors (Lipinski definition) is 1. The van der Waals surface area contributed by atoms with Crippen molar-refractivity contribution < 1.29 is 8.96 Å². The molecule has 3 heteroatoms. The van der Waals surface area contributed by atoms with Crippen LogP contribution in [0.3, 0.4) is 0 Å². The molecule has 3 rings (SSSR count). The predicted octanol–water partition coefficient (Wildman–Crippen LogP) is 3.79. The quantitative estimate of drug-likeness (QED) is 0.620. The first kappa shape index (κ1) is 13.7. The maximum Gasteiger partial charge on any atom is 0.287 e. The average Bonchev–Trinajstić information content (AvgIpc) is 2.44. The number of aromatic nitrogens is 2. The van der Waals surface area contributed by atoms with Gasteiger partial charge in [-0.2, -0.15) is 0 Å². The Bertz CT molecular complexity index is 853. The monoisotopic (exact) mass is 281 g/mol. The first-order valence-corrected chi connectivity index (χ1v) is 7.00. The summed E-state index contributed by atoms with van der Waals surface area (Å²) >= 11 is 0. The highest BCUT2D eigenvalue weighted by atomic mass is 19.1. The summed E-state index contributed by atoms with van der Waals surface area (Å²) in [5.74, 6) is -0.159. The first-order valence-electron chi connectivity index (χ1n) is 7.00. The second kappa shape index (κ2) is 4.92. The number of nitrogens with zero attached hydrogens (tertiary/aromatic N) is 2. The molecule has 1 aromatic heterocycles. The Morgan fingerprint density at radius 3 is 2.52 bits per heavy atom. The Hall–Kier alpha value is -2.29. The van der Waals surface area contributed by atoms with Gasteiger partial charge in [0.15, 0.2) is 5.52 Å². The molecule has 0 aliphatic rings. The fourth-order valence-corrected chi connectivity index (χ4v) is 2.78. The van der Waals surface area contributed by atoms with E-state index >= 15 is 0 Å². The summed E-state index contributed by atoms with van der Waals surface area (Å²) in [5.41, 5.74) is 5.85. The molecule has 0 radical (unpaired) electrons. The number of fused-ring (bicyclic) bond motifs is 1. The molecule has 3 aromatic rings. The molecule has 0 aliphatic carbocycles. The summed E-state index contributed by atoms with van der Waals surface area (Å²) in [6.45, 7) is 5.80. The van der Waals surface area contributed by atoms with E-state index in [-0.39, 0.29) is 5.82 Å². The van der Waals surface area contributed by atoms with Crippen molar-refractivity contribution in [3.05, 3.63) is 59.2 Å². The van der Waals surface area contributed by atoms with Crippen molar-refractivity contribution in [2.75, 3.05) is 0 Å². The number of halogens is 1. The first-order chi connectivity index (χ1) is 9.99. The standard InChI is InChI=1S/C18H18FN2/c1-11-6-5-7-14-17(11)20-10-21(4)18(14)15-8-13(3)16(19)9-12(15)2/h5-10H,1-4H3/q+1. The summed E-state index contributed by atoms with van der Waals surface area (Å²) in [7, 11) is 1.97. The van der Waals surface area contributed by atoms with Crippen LogP contribution in [0.15, 0.2) is 36.7 Å². The van der Waals surface area contributed by atoms with Crippen LogP contribution in [0.25, 0.3) is 22.2 Å². The van der Waals surface area contributed by atoms with E-state index in [4.69, 9.17) is 0 Å². The number of rotatable bonds is 1. The highest BCUT2D eigenvalue weighted by Gasteiger charge is 2.18. The Morgan fingerprint density at radius 2 is 1.76 bits per heavy atom. The van der Waals surface area contributed by atoms with Gasteiger partial charge >= 0.3 is 0 Å². The van der Waals surface area contributed by atoms with Gasteiger partial charge in [-0.05, 0) is 55.1 Å². The molecule has 0 saturated carbocycles. The summed E-state index contributed by atoms with van der Waals surface area (Å²) in [5, 5.41) is 1.09. The Balaban J connectivity index is 2.43. The minimum atomic E-state index is -0.159. The summed E-state index contributed by atoms with van der Waals surface area (Å²) < 4.78 is 15.7. The lowest BCUT2D eigenvalue weighted by Gasteiger charge is -2.11. The molecule has 0 saturated heterocycles. The van der Waals surface area contributed by atoms with Crippen molar-refractivity contribution in [2.24, 2.45) is 7.05 Å². The lowest BCUT2D eigenvalue weighted by Crippen LogP contribution is -2.32. The Morgan fingerprint density at radius 1 is 1.00 bits per heavy atom. The Labute approximate surface area is 123 Å². The normalized spacial score (nSPS) is 11.1.